The quantitative estimate of drug-likeness (QED) is 0.802. The molecular weight excluding hydrogens is 278 g/mol. The second-order valence-electron chi connectivity index (χ2n) is 4.18. The van der Waals surface area contributed by atoms with E-state index in [1.165, 1.54) is 31.5 Å². The zero-order chi connectivity index (χ0) is 14.8. The minimum absolute atomic E-state index is 0.0956. The average molecular weight is 291 g/mol. The zero-order valence-electron chi connectivity index (χ0n) is 11.0. The number of carbonyl (C=O) groups is 1. The van der Waals surface area contributed by atoms with Crippen molar-refractivity contribution < 1.29 is 17.9 Å². The van der Waals surface area contributed by atoms with E-state index < -0.39 is 9.84 Å². The van der Waals surface area contributed by atoms with Gasteiger partial charge in [-0.1, -0.05) is 12.1 Å². The van der Waals surface area contributed by atoms with Gasteiger partial charge in [-0.05, 0) is 24.3 Å². The highest BCUT2D eigenvalue weighted by molar-refractivity contribution is 7.90. The Labute approximate surface area is 117 Å². The summed E-state index contributed by atoms with van der Waals surface area (Å²) in [7, 11) is -1.92. The molecule has 0 unspecified atom stereocenters. The fourth-order valence-corrected chi connectivity index (χ4v) is 2.40. The first-order chi connectivity index (χ1) is 9.43. The number of rotatable bonds is 4. The molecule has 20 heavy (non-hydrogen) atoms. The molecule has 2 rings (SSSR count). The van der Waals surface area contributed by atoms with Gasteiger partial charge in [0, 0.05) is 18.0 Å². The Morgan fingerprint density at radius 1 is 1.20 bits per heavy atom. The Hall–Kier alpha value is -2.21. The number of nitrogens with zero attached hydrogens (tertiary/aromatic N) is 1. The second kappa shape index (κ2) is 5.42. The lowest BCUT2D eigenvalue weighted by Gasteiger charge is -2.07. The number of benzene rings is 1. The van der Waals surface area contributed by atoms with Crippen molar-refractivity contribution in [3.05, 3.63) is 53.9 Å². The van der Waals surface area contributed by atoms with Crippen LogP contribution in [0.5, 0.6) is 5.75 Å². The highest BCUT2D eigenvalue weighted by atomic mass is 32.2. The predicted molar refractivity (Wildman–Crippen MR) is 73.8 cm³/mol. The molecule has 0 bridgehead atoms. The molecule has 0 amide bonds. The number of pyridine rings is 1. The van der Waals surface area contributed by atoms with Gasteiger partial charge >= 0.3 is 0 Å². The molecule has 0 fully saturated rings. The van der Waals surface area contributed by atoms with Crippen LogP contribution in [0.1, 0.15) is 16.1 Å². The van der Waals surface area contributed by atoms with Crippen LogP contribution in [-0.4, -0.2) is 32.6 Å². The summed E-state index contributed by atoms with van der Waals surface area (Å²) in [4.78, 5) is 16.5. The Balaban J connectivity index is 2.49. The molecule has 0 aliphatic heterocycles. The van der Waals surface area contributed by atoms with E-state index >= 15 is 0 Å². The summed E-state index contributed by atoms with van der Waals surface area (Å²) >= 11 is 0. The first-order valence-corrected chi connectivity index (χ1v) is 7.66. The van der Waals surface area contributed by atoms with Crippen LogP contribution in [0.25, 0.3) is 0 Å². The molecule has 0 saturated carbocycles. The van der Waals surface area contributed by atoms with E-state index in [1.807, 2.05) is 0 Å². The molecule has 0 radical (unpaired) electrons. The molecule has 5 nitrogen and oxygen atoms in total. The number of hydrogen-bond acceptors (Lipinski definition) is 5. The molecule has 1 heterocycles. The molecule has 6 heteroatoms. The highest BCUT2D eigenvalue weighted by Crippen LogP contribution is 2.20. The Morgan fingerprint density at radius 2 is 1.95 bits per heavy atom. The van der Waals surface area contributed by atoms with E-state index in [-0.39, 0.29) is 21.9 Å². The predicted octanol–water partition coefficient (Wildman–Crippen LogP) is 1.72. The van der Waals surface area contributed by atoms with Gasteiger partial charge in [0.15, 0.2) is 15.5 Å². The van der Waals surface area contributed by atoms with Crippen molar-refractivity contribution >= 4 is 15.6 Å². The molecule has 1 aromatic carbocycles. The maximum absolute atomic E-state index is 12.4. The third-order valence-electron chi connectivity index (χ3n) is 2.73. The number of aromatic nitrogens is 1. The van der Waals surface area contributed by atoms with Gasteiger partial charge in [0.25, 0.3) is 0 Å². The van der Waals surface area contributed by atoms with Crippen LogP contribution in [0.2, 0.25) is 0 Å². The van der Waals surface area contributed by atoms with Crippen molar-refractivity contribution in [2.24, 2.45) is 0 Å². The minimum atomic E-state index is -3.36. The van der Waals surface area contributed by atoms with Gasteiger partial charge in [-0.2, -0.15) is 0 Å². The SMILES string of the molecule is COc1cccnc1C(=O)c1cccc(S(C)(=O)=O)c1. The number of sulfone groups is 1. The summed E-state index contributed by atoms with van der Waals surface area (Å²) in [5.41, 5.74) is 0.408. The van der Waals surface area contributed by atoms with E-state index in [2.05, 4.69) is 4.98 Å². The molecule has 0 atom stereocenters. The van der Waals surface area contributed by atoms with Crippen LogP contribution in [0.4, 0.5) is 0 Å². The smallest absolute Gasteiger partial charge is 0.215 e. The summed E-state index contributed by atoms with van der Waals surface area (Å²) in [6.07, 6.45) is 2.58. The lowest BCUT2D eigenvalue weighted by molar-refractivity contribution is 0.103. The highest BCUT2D eigenvalue weighted by Gasteiger charge is 2.17. The Morgan fingerprint density at radius 3 is 2.60 bits per heavy atom. The first kappa shape index (κ1) is 14.2. The van der Waals surface area contributed by atoms with Gasteiger partial charge in [0.05, 0.1) is 12.0 Å². The summed E-state index contributed by atoms with van der Waals surface area (Å²) in [5.74, 6) is -0.0322. The lowest BCUT2D eigenvalue weighted by atomic mass is 10.1. The van der Waals surface area contributed by atoms with Crippen LogP contribution in [0, 0.1) is 0 Å². The van der Waals surface area contributed by atoms with Gasteiger partial charge in [0.1, 0.15) is 5.75 Å². The molecule has 2 aromatic rings. The minimum Gasteiger partial charge on any atom is -0.494 e. The van der Waals surface area contributed by atoms with Gasteiger partial charge in [0.2, 0.25) is 5.78 Å². The fourth-order valence-electron chi connectivity index (χ4n) is 1.73. The van der Waals surface area contributed by atoms with E-state index in [0.29, 0.717) is 5.75 Å². The third-order valence-corrected chi connectivity index (χ3v) is 3.84. The number of carbonyl (C=O) groups excluding carboxylic acids is 1. The summed E-state index contributed by atoms with van der Waals surface area (Å²) in [5, 5.41) is 0. The Kier molecular flexibility index (Phi) is 3.85. The van der Waals surface area contributed by atoms with E-state index in [1.54, 1.807) is 18.2 Å². The normalized spacial score (nSPS) is 11.1. The van der Waals surface area contributed by atoms with Crippen molar-refractivity contribution in [1.82, 2.24) is 4.98 Å². The Bertz CT molecular complexity index is 753. The lowest BCUT2D eigenvalue weighted by Crippen LogP contribution is -2.07. The van der Waals surface area contributed by atoms with Crippen LogP contribution in [-0.2, 0) is 9.84 Å². The molecular formula is C14H13NO4S. The van der Waals surface area contributed by atoms with Gasteiger partial charge in [-0.15, -0.1) is 0 Å². The zero-order valence-corrected chi connectivity index (χ0v) is 11.8. The third kappa shape index (κ3) is 2.85. The first-order valence-electron chi connectivity index (χ1n) is 5.77. The molecule has 0 spiro atoms. The maximum Gasteiger partial charge on any atom is 0.215 e. The molecule has 104 valence electrons. The molecule has 0 aliphatic carbocycles. The van der Waals surface area contributed by atoms with Crippen LogP contribution in [0.15, 0.2) is 47.5 Å². The average Bonchev–Trinajstić information content (AvgIpc) is 2.45. The van der Waals surface area contributed by atoms with Crippen molar-refractivity contribution in [2.75, 3.05) is 13.4 Å². The van der Waals surface area contributed by atoms with Crippen LogP contribution in [0.3, 0.4) is 0 Å². The molecule has 1 aromatic heterocycles. The maximum atomic E-state index is 12.4. The standard InChI is InChI=1S/C14H13NO4S/c1-19-12-7-4-8-15-13(12)14(16)10-5-3-6-11(9-10)20(2,17)18/h3-9H,1-2H3. The van der Waals surface area contributed by atoms with Gasteiger partial charge in [-0.3, -0.25) is 4.79 Å². The molecule has 0 aliphatic rings. The largest absolute Gasteiger partial charge is 0.494 e. The van der Waals surface area contributed by atoms with Crippen molar-refractivity contribution in [1.29, 1.82) is 0 Å². The van der Waals surface area contributed by atoms with Gasteiger partial charge in [-0.25, -0.2) is 13.4 Å². The molecule has 0 N–H and O–H groups in total. The van der Waals surface area contributed by atoms with Crippen molar-refractivity contribution in [3.8, 4) is 5.75 Å². The fraction of sp³-hybridized carbons (Fsp3) is 0.143. The van der Waals surface area contributed by atoms with Crippen molar-refractivity contribution in [2.45, 2.75) is 4.90 Å². The van der Waals surface area contributed by atoms with Crippen LogP contribution < -0.4 is 4.74 Å². The summed E-state index contributed by atoms with van der Waals surface area (Å²) in [6, 6.07) is 9.14. The van der Waals surface area contributed by atoms with E-state index in [0.717, 1.165) is 6.26 Å². The van der Waals surface area contributed by atoms with Crippen LogP contribution >= 0.6 is 0 Å². The summed E-state index contributed by atoms with van der Waals surface area (Å²) in [6.45, 7) is 0. The number of hydrogen-bond donors (Lipinski definition) is 0. The van der Waals surface area contributed by atoms with Gasteiger partial charge < -0.3 is 4.74 Å². The number of ketones is 1. The molecule has 0 saturated heterocycles. The number of methoxy groups -OCH3 is 1. The summed E-state index contributed by atoms with van der Waals surface area (Å²) < 4.78 is 28.1. The monoisotopic (exact) mass is 291 g/mol. The number of ether oxygens (including phenoxy) is 1. The van der Waals surface area contributed by atoms with E-state index in [9.17, 15) is 13.2 Å². The van der Waals surface area contributed by atoms with E-state index in [4.69, 9.17) is 4.74 Å². The van der Waals surface area contributed by atoms with Crippen molar-refractivity contribution in [3.63, 3.8) is 0 Å². The topological polar surface area (TPSA) is 73.3 Å². The second-order valence-corrected chi connectivity index (χ2v) is 6.20.